The van der Waals surface area contributed by atoms with E-state index in [-0.39, 0.29) is 12.1 Å². The molecule has 2 heterocycles. The standard InChI is InChI=1S/C18H29N3O2/c1-13(2)11-19-16-9-8-14(12-20-16)15-7-6-10-21(15)17(22)23-18(3,4)5/h8-9,12-13,15H,6-7,10-11H2,1-5H3,(H,19,20)/t15-/m0/s1. The number of aromatic nitrogens is 1. The fourth-order valence-electron chi connectivity index (χ4n) is 2.67. The molecule has 5 heteroatoms. The number of amides is 1. The number of likely N-dealkylation sites (tertiary alicyclic amines) is 1. The van der Waals surface area contributed by atoms with Gasteiger partial charge in [-0.15, -0.1) is 0 Å². The van der Waals surface area contributed by atoms with Gasteiger partial charge >= 0.3 is 6.09 Å². The number of pyridine rings is 1. The van der Waals surface area contributed by atoms with Gasteiger partial charge in [0.25, 0.3) is 0 Å². The molecule has 2 rings (SSSR count). The summed E-state index contributed by atoms with van der Waals surface area (Å²) in [6.07, 6.45) is 3.59. The highest BCUT2D eigenvalue weighted by Gasteiger charge is 2.33. The number of ether oxygens (including phenoxy) is 1. The van der Waals surface area contributed by atoms with Gasteiger partial charge in [0.05, 0.1) is 6.04 Å². The molecule has 0 bridgehead atoms. The fourth-order valence-corrected chi connectivity index (χ4v) is 2.67. The van der Waals surface area contributed by atoms with Crippen LogP contribution in [0.2, 0.25) is 0 Å². The van der Waals surface area contributed by atoms with Crippen LogP contribution >= 0.6 is 0 Å². The minimum Gasteiger partial charge on any atom is -0.444 e. The molecule has 1 N–H and O–H groups in total. The highest BCUT2D eigenvalue weighted by atomic mass is 16.6. The molecule has 1 aliphatic heterocycles. The van der Waals surface area contributed by atoms with Crippen LogP contribution in [0.4, 0.5) is 10.6 Å². The van der Waals surface area contributed by atoms with E-state index in [1.807, 2.05) is 37.9 Å². The van der Waals surface area contributed by atoms with Crippen LogP contribution < -0.4 is 5.32 Å². The Hall–Kier alpha value is -1.78. The summed E-state index contributed by atoms with van der Waals surface area (Å²) < 4.78 is 5.52. The van der Waals surface area contributed by atoms with Crippen LogP contribution in [0.5, 0.6) is 0 Å². The van der Waals surface area contributed by atoms with E-state index < -0.39 is 5.60 Å². The van der Waals surface area contributed by atoms with Crippen molar-refractivity contribution in [1.29, 1.82) is 0 Å². The number of carbonyl (C=O) groups excluding carboxylic acids is 1. The molecule has 0 unspecified atom stereocenters. The van der Waals surface area contributed by atoms with Gasteiger partial charge in [-0.25, -0.2) is 9.78 Å². The van der Waals surface area contributed by atoms with Crippen molar-refractivity contribution in [2.75, 3.05) is 18.4 Å². The van der Waals surface area contributed by atoms with Crippen molar-refractivity contribution in [2.24, 2.45) is 5.92 Å². The minimum atomic E-state index is -0.465. The molecule has 0 aromatic carbocycles. The molecule has 5 nitrogen and oxygen atoms in total. The van der Waals surface area contributed by atoms with E-state index >= 15 is 0 Å². The maximum atomic E-state index is 12.4. The lowest BCUT2D eigenvalue weighted by molar-refractivity contribution is 0.0224. The van der Waals surface area contributed by atoms with Crippen molar-refractivity contribution >= 4 is 11.9 Å². The summed E-state index contributed by atoms with van der Waals surface area (Å²) in [6, 6.07) is 4.11. The maximum absolute atomic E-state index is 12.4. The van der Waals surface area contributed by atoms with Crippen molar-refractivity contribution in [3.05, 3.63) is 23.9 Å². The van der Waals surface area contributed by atoms with Gasteiger partial charge in [0, 0.05) is 19.3 Å². The molecule has 1 aliphatic rings. The van der Waals surface area contributed by atoms with Gasteiger partial charge in [0.15, 0.2) is 0 Å². The first kappa shape index (κ1) is 17.6. The minimum absolute atomic E-state index is 0.0662. The zero-order valence-electron chi connectivity index (χ0n) is 14.9. The lowest BCUT2D eigenvalue weighted by Gasteiger charge is -2.28. The van der Waals surface area contributed by atoms with Crippen molar-refractivity contribution in [3.63, 3.8) is 0 Å². The molecule has 23 heavy (non-hydrogen) atoms. The lowest BCUT2D eigenvalue weighted by Crippen LogP contribution is -2.36. The summed E-state index contributed by atoms with van der Waals surface area (Å²) in [6.45, 7) is 11.7. The maximum Gasteiger partial charge on any atom is 0.410 e. The summed E-state index contributed by atoms with van der Waals surface area (Å²) in [4.78, 5) is 18.7. The Morgan fingerprint density at radius 3 is 2.74 bits per heavy atom. The van der Waals surface area contributed by atoms with Crippen LogP contribution in [0.3, 0.4) is 0 Å². The SMILES string of the molecule is CC(C)CNc1ccc([C@@H]2CCCN2C(=O)OC(C)(C)C)cn1. The first-order chi connectivity index (χ1) is 10.8. The van der Waals surface area contributed by atoms with Crippen molar-refractivity contribution in [2.45, 2.75) is 59.1 Å². The third kappa shape index (κ3) is 5.12. The number of rotatable bonds is 4. The van der Waals surface area contributed by atoms with E-state index in [0.29, 0.717) is 5.92 Å². The number of nitrogens with zero attached hydrogens (tertiary/aromatic N) is 2. The first-order valence-corrected chi connectivity index (χ1v) is 8.45. The van der Waals surface area contributed by atoms with Crippen LogP contribution in [0, 0.1) is 5.92 Å². The summed E-state index contributed by atoms with van der Waals surface area (Å²) in [5, 5.41) is 3.31. The average Bonchev–Trinajstić information content (AvgIpc) is 2.93. The predicted molar refractivity (Wildman–Crippen MR) is 92.5 cm³/mol. The summed E-state index contributed by atoms with van der Waals surface area (Å²) in [5.74, 6) is 1.46. The van der Waals surface area contributed by atoms with Crippen LogP contribution in [0.1, 0.15) is 59.1 Å². The molecule has 0 aliphatic carbocycles. The van der Waals surface area contributed by atoms with Gasteiger partial charge in [-0.1, -0.05) is 19.9 Å². The van der Waals surface area contributed by atoms with Gasteiger partial charge in [-0.2, -0.15) is 0 Å². The molecule has 0 spiro atoms. The van der Waals surface area contributed by atoms with Gasteiger partial charge in [-0.3, -0.25) is 0 Å². The average molecular weight is 319 g/mol. The molecule has 1 atom stereocenters. The normalized spacial score (nSPS) is 18.3. The second-order valence-corrected chi connectivity index (χ2v) is 7.58. The van der Waals surface area contributed by atoms with E-state index in [4.69, 9.17) is 4.74 Å². The van der Waals surface area contributed by atoms with Crippen LogP contribution in [-0.2, 0) is 4.74 Å². The second kappa shape index (κ2) is 7.20. The number of nitrogens with one attached hydrogen (secondary N) is 1. The molecule has 0 saturated carbocycles. The Labute approximate surface area is 139 Å². The Bertz CT molecular complexity index is 520. The van der Waals surface area contributed by atoms with E-state index in [1.165, 1.54) is 0 Å². The van der Waals surface area contributed by atoms with Gasteiger partial charge < -0.3 is 15.0 Å². The Morgan fingerprint density at radius 1 is 1.43 bits per heavy atom. The molecule has 1 amide bonds. The predicted octanol–water partition coefficient (Wildman–Crippen LogP) is 4.22. The third-order valence-electron chi connectivity index (χ3n) is 3.74. The van der Waals surface area contributed by atoms with Crippen LogP contribution in [0.15, 0.2) is 18.3 Å². The second-order valence-electron chi connectivity index (χ2n) is 7.58. The van der Waals surface area contributed by atoms with Crippen molar-refractivity contribution in [3.8, 4) is 0 Å². The quantitative estimate of drug-likeness (QED) is 0.902. The molecule has 1 saturated heterocycles. The lowest BCUT2D eigenvalue weighted by atomic mass is 10.1. The Morgan fingerprint density at radius 2 is 2.17 bits per heavy atom. The smallest absolute Gasteiger partial charge is 0.410 e. The number of carbonyl (C=O) groups is 1. The summed E-state index contributed by atoms with van der Waals surface area (Å²) in [5.41, 5.74) is 0.607. The molecule has 128 valence electrons. The molecular formula is C18H29N3O2. The van der Waals surface area contributed by atoms with Gasteiger partial charge in [0.1, 0.15) is 11.4 Å². The Balaban J connectivity index is 2.03. The molecule has 0 radical (unpaired) electrons. The summed E-state index contributed by atoms with van der Waals surface area (Å²) in [7, 11) is 0. The molecule has 1 fully saturated rings. The number of hydrogen-bond acceptors (Lipinski definition) is 4. The largest absolute Gasteiger partial charge is 0.444 e. The first-order valence-electron chi connectivity index (χ1n) is 8.45. The van der Waals surface area contributed by atoms with E-state index in [0.717, 1.165) is 37.3 Å². The topological polar surface area (TPSA) is 54.5 Å². The highest BCUT2D eigenvalue weighted by Crippen LogP contribution is 2.33. The fraction of sp³-hybridized carbons (Fsp3) is 0.667. The molecule has 1 aromatic heterocycles. The summed E-state index contributed by atoms with van der Waals surface area (Å²) >= 11 is 0. The van der Waals surface area contributed by atoms with E-state index in [2.05, 4.69) is 30.2 Å². The zero-order valence-corrected chi connectivity index (χ0v) is 14.9. The number of anilines is 1. The van der Waals surface area contributed by atoms with Gasteiger partial charge in [0.2, 0.25) is 0 Å². The molecular weight excluding hydrogens is 290 g/mol. The Kier molecular flexibility index (Phi) is 5.50. The molecule has 1 aromatic rings. The monoisotopic (exact) mass is 319 g/mol. The van der Waals surface area contributed by atoms with E-state index in [9.17, 15) is 4.79 Å². The van der Waals surface area contributed by atoms with Gasteiger partial charge in [-0.05, 0) is 51.2 Å². The van der Waals surface area contributed by atoms with Crippen LogP contribution in [-0.4, -0.2) is 34.7 Å². The van der Waals surface area contributed by atoms with Crippen molar-refractivity contribution in [1.82, 2.24) is 9.88 Å². The third-order valence-corrected chi connectivity index (χ3v) is 3.74. The zero-order chi connectivity index (χ0) is 17.0. The van der Waals surface area contributed by atoms with Crippen LogP contribution in [0.25, 0.3) is 0 Å². The van der Waals surface area contributed by atoms with E-state index in [1.54, 1.807) is 0 Å². The highest BCUT2D eigenvalue weighted by molar-refractivity contribution is 5.69. The van der Waals surface area contributed by atoms with Crippen molar-refractivity contribution < 1.29 is 9.53 Å². The number of hydrogen-bond donors (Lipinski definition) is 1.